The Bertz CT molecular complexity index is 683. The maximum absolute atomic E-state index is 10.9. The number of hydrogen-bond acceptors (Lipinski definition) is 8. The zero-order valence-corrected chi connectivity index (χ0v) is 12.9. The van der Waals surface area contributed by atoms with Gasteiger partial charge >= 0.3 is 5.97 Å². The second-order valence-corrected chi connectivity index (χ2v) is 5.89. The number of nitrogens with zero attached hydrogens (tertiary/aromatic N) is 4. The van der Waals surface area contributed by atoms with Crippen LogP contribution in [0.2, 0.25) is 0 Å². The highest BCUT2D eigenvalue weighted by molar-refractivity contribution is 7.17. The van der Waals surface area contributed by atoms with E-state index in [1.807, 2.05) is 13.0 Å². The Morgan fingerprint density at radius 3 is 2.86 bits per heavy atom. The summed E-state index contributed by atoms with van der Waals surface area (Å²) >= 11 is 1.08. The van der Waals surface area contributed by atoms with Crippen molar-refractivity contribution in [2.24, 2.45) is 0 Å². The molecule has 0 unspecified atom stereocenters. The van der Waals surface area contributed by atoms with Crippen LogP contribution in [0.15, 0.2) is 12.3 Å². The van der Waals surface area contributed by atoms with Crippen molar-refractivity contribution in [3.05, 3.63) is 23.0 Å². The highest BCUT2D eigenvalue weighted by Gasteiger charge is 2.14. The third kappa shape index (κ3) is 3.31. The van der Waals surface area contributed by atoms with Crippen molar-refractivity contribution < 1.29 is 9.90 Å². The second kappa shape index (κ2) is 6.24. The van der Waals surface area contributed by atoms with Gasteiger partial charge in [0.05, 0.1) is 6.20 Å². The largest absolute Gasteiger partial charge is 0.477 e. The molecule has 3 heterocycles. The van der Waals surface area contributed by atoms with Crippen molar-refractivity contribution >= 4 is 34.1 Å². The van der Waals surface area contributed by atoms with Crippen LogP contribution in [-0.4, -0.2) is 52.2 Å². The number of rotatable bonds is 4. The molecule has 3 N–H and O–H groups in total. The van der Waals surface area contributed by atoms with E-state index in [9.17, 15) is 4.79 Å². The Hall–Kier alpha value is -2.26. The third-order valence-electron chi connectivity index (χ3n) is 3.22. The number of carboxylic acids is 1. The Balaban J connectivity index is 1.80. The van der Waals surface area contributed by atoms with Crippen LogP contribution in [0, 0.1) is 6.92 Å². The molecule has 0 atom stereocenters. The van der Waals surface area contributed by atoms with Gasteiger partial charge in [-0.25, -0.2) is 19.7 Å². The molecular weight excluding hydrogens is 304 g/mol. The molecule has 116 valence electrons. The predicted octanol–water partition coefficient (Wildman–Crippen LogP) is 1.09. The van der Waals surface area contributed by atoms with Crippen LogP contribution in [-0.2, 0) is 0 Å². The summed E-state index contributed by atoms with van der Waals surface area (Å²) < 4.78 is 0. The summed E-state index contributed by atoms with van der Waals surface area (Å²) in [7, 11) is 0. The summed E-state index contributed by atoms with van der Waals surface area (Å²) in [5, 5.41) is 15.8. The van der Waals surface area contributed by atoms with Gasteiger partial charge in [-0.1, -0.05) is 11.3 Å². The van der Waals surface area contributed by atoms with E-state index in [1.54, 1.807) is 0 Å². The number of aromatic nitrogens is 3. The minimum atomic E-state index is -0.981. The van der Waals surface area contributed by atoms with E-state index in [1.165, 1.54) is 6.20 Å². The zero-order chi connectivity index (χ0) is 15.5. The minimum absolute atomic E-state index is 0.190. The maximum Gasteiger partial charge on any atom is 0.347 e. The number of anilines is 3. The van der Waals surface area contributed by atoms with Gasteiger partial charge in [0.15, 0.2) is 5.13 Å². The van der Waals surface area contributed by atoms with Gasteiger partial charge in [-0.3, -0.25) is 0 Å². The fraction of sp³-hybridized carbons (Fsp3) is 0.385. The number of carboxylic acid groups (broad SMARTS) is 1. The van der Waals surface area contributed by atoms with Crippen molar-refractivity contribution in [3.63, 3.8) is 0 Å². The number of aryl methyl sites for hydroxylation is 1. The van der Waals surface area contributed by atoms with Gasteiger partial charge in [0, 0.05) is 32.2 Å². The summed E-state index contributed by atoms with van der Waals surface area (Å²) in [5.74, 6) is 1.17. The average Bonchev–Trinajstić information content (AvgIpc) is 2.96. The average molecular weight is 320 g/mol. The quantitative estimate of drug-likeness (QED) is 0.769. The normalized spacial score (nSPS) is 14.9. The van der Waals surface area contributed by atoms with Gasteiger partial charge in [-0.15, -0.1) is 0 Å². The van der Waals surface area contributed by atoms with Crippen molar-refractivity contribution in [2.45, 2.75) is 6.92 Å². The molecule has 0 saturated carbocycles. The molecule has 8 nitrogen and oxygen atoms in total. The van der Waals surface area contributed by atoms with Gasteiger partial charge in [0.1, 0.15) is 22.3 Å². The SMILES string of the molecule is Cc1nc(Nc2ncc(C(=O)O)s2)cc(N2CCNCC2)n1. The summed E-state index contributed by atoms with van der Waals surface area (Å²) in [5.41, 5.74) is 0. The lowest BCUT2D eigenvalue weighted by atomic mass is 10.3. The first-order valence-electron chi connectivity index (χ1n) is 6.89. The summed E-state index contributed by atoms with van der Waals surface area (Å²) in [6.45, 7) is 5.49. The molecule has 9 heteroatoms. The summed E-state index contributed by atoms with van der Waals surface area (Å²) in [4.78, 5) is 26.1. The molecule has 1 fully saturated rings. The Kier molecular flexibility index (Phi) is 4.16. The number of carbonyl (C=O) groups is 1. The molecule has 1 aliphatic rings. The maximum atomic E-state index is 10.9. The Morgan fingerprint density at radius 1 is 1.41 bits per heavy atom. The topological polar surface area (TPSA) is 103 Å². The van der Waals surface area contributed by atoms with Crippen molar-refractivity contribution in [3.8, 4) is 0 Å². The van der Waals surface area contributed by atoms with Gasteiger partial charge in [0.25, 0.3) is 0 Å². The monoisotopic (exact) mass is 320 g/mol. The van der Waals surface area contributed by atoms with Crippen molar-refractivity contribution in [2.75, 3.05) is 36.4 Å². The molecule has 22 heavy (non-hydrogen) atoms. The highest BCUT2D eigenvalue weighted by atomic mass is 32.1. The van der Waals surface area contributed by atoms with E-state index < -0.39 is 5.97 Å². The molecule has 2 aromatic heterocycles. The highest BCUT2D eigenvalue weighted by Crippen LogP contribution is 2.23. The number of aromatic carboxylic acids is 1. The first-order chi connectivity index (χ1) is 10.6. The Labute approximate surface area is 131 Å². The molecular formula is C13H16N6O2S. The molecule has 0 aliphatic carbocycles. The fourth-order valence-electron chi connectivity index (χ4n) is 2.21. The van der Waals surface area contributed by atoms with E-state index >= 15 is 0 Å². The van der Waals surface area contributed by atoms with E-state index in [0.29, 0.717) is 16.8 Å². The first-order valence-corrected chi connectivity index (χ1v) is 7.71. The second-order valence-electron chi connectivity index (χ2n) is 4.86. The van der Waals surface area contributed by atoms with Crippen LogP contribution in [0.1, 0.15) is 15.5 Å². The van der Waals surface area contributed by atoms with Crippen LogP contribution in [0.5, 0.6) is 0 Å². The first kappa shape index (κ1) is 14.7. The lowest BCUT2D eigenvalue weighted by molar-refractivity contribution is 0.0702. The zero-order valence-electron chi connectivity index (χ0n) is 12.0. The molecule has 2 aromatic rings. The van der Waals surface area contributed by atoms with Crippen LogP contribution < -0.4 is 15.5 Å². The van der Waals surface area contributed by atoms with Crippen LogP contribution in [0.3, 0.4) is 0 Å². The molecule has 1 aliphatic heterocycles. The number of nitrogens with one attached hydrogen (secondary N) is 2. The molecule has 0 amide bonds. The Morgan fingerprint density at radius 2 is 2.18 bits per heavy atom. The smallest absolute Gasteiger partial charge is 0.347 e. The molecule has 0 bridgehead atoms. The van der Waals surface area contributed by atoms with Crippen LogP contribution >= 0.6 is 11.3 Å². The van der Waals surface area contributed by atoms with E-state index in [0.717, 1.165) is 43.3 Å². The fourth-order valence-corrected chi connectivity index (χ4v) is 2.87. The molecule has 0 aromatic carbocycles. The standard InChI is InChI=1S/C13H16N6O2S/c1-8-16-10(18-13-15-7-9(22-13)12(20)21)6-11(17-8)19-4-2-14-3-5-19/h6-7,14H,2-5H2,1H3,(H,20,21)(H,15,16,17,18). The number of hydrogen-bond donors (Lipinski definition) is 3. The van der Waals surface area contributed by atoms with E-state index in [2.05, 4.69) is 30.5 Å². The number of piperazine rings is 1. The van der Waals surface area contributed by atoms with Gasteiger partial charge in [-0.2, -0.15) is 0 Å². The lowest BCUT2D eigenvalue weighted by Gasteiger charge is -2.28. The van der Waals surface area contributed by atoms with Crippen molar-refractivity contribution in [1.82, 2.24) is 20.3 Å². The molecule has 1 saturated heterocycles. The predicted molar refractivity (Wildman–Crippen MR) is 84.2 cm³/mol. The third-order valence-corrected chi connectivity index (χ3v) is 4.12. The minimum Gasteiger partial charge on any atom is -0.477 e. The number of thiazole rings is 1. The van der Waals surface area contributed by atoms with Crippen LogP contribution in [0.25, 0.3) is 0 Å². The summed E-state index contributed by atoms with van der Waals surface area (Å²) in [6.07, 6.45) is 1.33. The van der Waals surface area contributed by atoms with Gasteiger partial charge in [-0.05, 0) is 6.92 Å². The lowest BCUT2D eigenvalue weighted by Crippen LogP contribution is -2.44. The van der Waals surface area contributed by atoms with Crippen LogP contribution in [0.4, 0.5) is 16.8 Å². The molecule has 0 spiro atoms. The van der Waals surface area contributed by atoms with E-state index in [-0.39, 0.29) is 4.88 Å². The van der Waals surface area contributed by atoms with Gasteiger partial charge < -0.3 is 20.6 Å². The van der Waals surface area contributed by atoms with E-state index in [4.69, 9.17) is 5.11 Å². The van der Waals surface area contributed by atoms with Crippen molar-refractivity contribution in [1.29, 1.82) is 0 Å². The molecule has 0 radical (unpaired) electrons. The van der Waals surface area contributed by atoms with Gasteiger partial charge in [0.2, 0.25) is 0 Å². The molecule has 3 rings (SSSR count). The summed E-state index contributed by atoms with van der Waals surface area (Å²) in [6, 6.07) is 1.86.